The molecule has 1 aromatic carbocycles. The fourth-order valence-corrected chi connectivity index (χ4v) is 2.44. The average molecular weight is 257 g/mol. The second kappa shape index (κ2) is 4.70. The van der Waals surface area contributed by atoms with Crippen LogP contribution >= 0.6 is 0 Å². The number of nitrogens with two attached hydrogens (primary N) is 1. The number of ether oxygens (including phenoxy) is 1. The number of nitrogens with zero attached hydrogens (tertiary/aromatic N) is 1. The van der Waals surface area contributed by atoms with Crippen LogP contribution in [0, 0.1) is 0 Å². The lowest BCUT2D eigenvalue weighted by atomic mass is 10.0. The molecule has 1 aliphatic carbocycles. The fraction of sp³-hybridized carbons (Fsp3) is 0.400. The number of aromatic amines is 1. The topological polar surface area (TPSA) is 63.9 Å². The predicted molar refractivity (Wildman–Crippen MR) is 75.7 cm³/mol. The highest BCUT2D eigenvalue weighted by atomic mass is 16.5. The quantitative estimate of drug-likeness (QED) is 0.865. The van der Waals surface area contributed by atoms with Crippen LogP contribution in [0.4, 0.5) is 5.82 Å². The first-order valence-corrected chi connectivity index (χ1v) is 6.66. The Bertz CT molecular complexity index is 555. The molecule has 0 bridgehead atoms. The second-order valence-electron chi connectivity index (χ2n) is 5.28. The second-order valence-corrected chi connectivity index (χ2v) is 5.28. The van der Waals surface area contributed by atoms with Crippen molar-refractivity contribution in [1.82, 2.24) is 10.2 Å². The third-order valence-electron chi connectivity index (χ3n) is 4.04. The molecule has 1 aromatic heterocycles. The van der Waals surface area contributed by atoms with Gasteiger partial charge >= 0.3 is 0 Å². The van der Waals surface area contributed by atoms with Crippen molar-refractivity contribution in [3.8, 4) is 11.1 Å². The smallest absolute Gasteiger partial charge is 0.126 e. The van der Waals surface area contributed by atoms with Gasteiger partial charge in [0, 0.05) is 12.7 Å². The van der Waals surface area contributed by atoms with Crippen molar-refractivity contribution in [2.75, 3.05) is 12.8 Å². The molecule has 3 rings (SSSR count). The van der Waals surface area contributed by atoms with Gasteiger partial charge in [0.2, 0.25) is 0 Å². The summed E-state index contributed by atoms with van der Waals surface area (Å²) < 4.78 is 5.54. The van der Waals surface area contributed by atoms with Crippen LogP contribution in [-0.2, 0) is 11.2 Å². The number of nitrogens with one attached hydrogen (secondary N) is 1. The number of hydrogen-bond donors (Lipinski definition) is 2. The highest BCUT2D eigenvalue weighted by Gasteiger charge is 2.42. The van der Waals surface area contributed by atoms with E-state index >= 15 is 0 Å². The van der Waals surface area contributed by atoms with Crippen LogP contribution in [0.5, 0.6) is 0 Å². The van der Waals surface area contributed by atoms with Gasteiger partial charge in [-0.2, -0.15) is 5.10 Å². The maximum absolute atomic E-state index is 5.82. The van der Waals surface area contributed by atoms with Gasteiger partial charge in [0.15, 0.2) is 0 Å². The Morgan fingerprint density at radius 2 is 2.05 bits per heavy atom. The molecule has 4 heteroatoms. The first-order chi connectivity index (χ1) is 9.22. The highest BCUT2D eigenvalue weighted by molar-refractivity contribution is 5.72. The van der Waals surface area contributed by atoms with Crippen LogP contribution in [0.2, 0.25) is 0 Å². The monoisotopic (exact) mass is 257 g/mol. The number of benzene rings is 1. The summed E-state index contributed by atoms with van der Waals surface area (Å²) in [4.78, 5) is 0. The van der Waals surface area contributed by atoms with Crippen molar-refractivity contribution in [3.63, 3.8) is 0 Å². The van der Waals surface area contributed by atoms with Gasteiger partial charge in [-0.15, -0.1) is 0 Å². The number of aryl methyl sites for hydroxylation is 1. The SMILES string of the molecule is COC1(CCc2ccc(-c3cn[nH]c3N)cc2)CC1. The Morgan fingerprint density at radius 1 is 1.32 bits per heavy atom. The van der Waals surface area contributed by atoms with Crippen LogP contribution in [-0.4, -0.2) is 22.9 Å². The van der Waals surface area contributed by atoms with E-state index in [0.717, 1.165) is 24.0 Å². The van der Waals surface area contributed by atoms with Gasteiger partial charge in [-0.25, -0.2) is 0 Å². The lowest BCUT2D eigenvalue weighted by Crippen LogP contribution is -2.12. The first-order valence-electron chi connectivity index (χ1n) is 6.66. The summed E-state index contributed by atoms with van der Waals surface area (Å²) in [6.07, 6.45) is 6.33. The molecule has 0 aliphatic heterocycles. The van der Waals surface area contributed by atoms with E-state index in [4.69, 9.17) is 10.5 Å². The number of anilines is 1. The molecule has 3 N–H and O–H groups in total. The molecule has 0 unspecified atom stereocenters. The molecule has 2 aromatic rings. The zero-order chi connectivity index (χ0) is 13.3. The van der Waals surface area contributed by atoms with Gasteiger partial charge in [0.05, 0.1) is 11.8 Å². The van der Waals surface area contributed by atoms with Gasteiger partial charge in [-0.1, -0.05) is 24.3 Å². The summed E-state index contributed by atoms with van der Waals surface area (Å²) in [7, 11) is 1.82. The van der Waals surface area contributed by atoms with E-state index in [-0.39, 0.29) is 5.60 Å². The van der Waals surface area contributed by atoms with E-state index in [9.17, 15) is 0 Å². The highest BCUT2D eigenvalue weighted by Crippen LogP contribution is 2.42. The molecule has 4 nitrogen and oxygen atoms in total. The molecule has 1 fully saturated rings. The van der Waals surface area contributed by atoms with Gasteiger partial charge in [0.25, 0.3) is 0 Å². The van der Waals surface area contributed by atoms with E-state index < -0.39 is 0 Å². The molecule has 100 valence electrons. The molecule has 1 aliphatic rings. The number of nitrogen functional groups attached to an aromatic ring is 1. The van der Waals surface area contributed by atoms with Gasteiger partial charge in [0.1, 0.15) is 5.82 Å². The Balaban J connectivity index is 1.68. The van der Waals surface area contributed by atoms with E-state index in [1.165, 1.54) is 18.4 Å². The van der Waals surface area contributed by atoms with Crippen molar-refractivity contribution in [3.05, 3.63) is 36.0 Å². The van der Waals surface area contributed by atoms with Gasteiger partial charge in [-0.3, -0.25) is 5.10 Å². The van der Waals surface area contributed by atoms with E-state index in [0.29, 0.717) is 5.82 Å². The van der Waals surface area contributed by atoms with Crippen molar-refractivity contribution in [2.45, 2.75) is 31.3 Å². The van der Waals surface area contributed by atoms with E-state index in [2.05, 4.69) is 34.5 Å². The van der Waals surface area contributed by atoms with Crippen molar-refractivity contribution < 1.29 is 4.74 Å². The molecule has 0 amide bonds. The Kier molecular flexibility index (Phi) is 3.03. The summed E-state index contributed by atoms with van der Waals surface area (Å²) in [5.74, 6) is 0.615. The fourth-order valence-electron chi connectivity index (χ4n) is 2.44. The first kappa shape index (κ1) is 12.2. The van der Waals surface area contributed by atoms with E-state index in [1.54, 1.807) is 6.20 Å². The van der Waals surface area contributed by atoms with Crippen molar-refractivity contribution in [2.24, 2.45) is 0 Å². The normalized spacial score (nSPS) is 16.5. The Hall–Kier alpha value is -1.81. The van der Waals surface area contributed by atoms with Gasteiger partial charge < -0.3 is 10.5 Å². The minimum atomic E-state index is 0.174. The molecule has 1 heterocycles. The van der Waals surface area contributed by atoms with E-state index in [1.807, 2.05) is 7.11 Å². The molecule has 0 spiro atoms. The summed E-state index contributed by atoms with van der Waals surface area (Å²) in [5.41, 5.74) is 9.39. The number of hydrogen-bond acceptors (Lipinski definition) is 3. The summed E-state index contributed by atoms with van der Waals surface area (Å²) in [6, 6.07) is 8.52. The minimum Gasteiger partial charge on any atom is -0.384 e. The Labute approximate surface area is 113 Å². The summed E-state index contributed by atoms with van der Waals surface area (Å²) in [6.45, 7) is 0. The molecule has 0 atom stereocenters. The molecule has 0 radical (unpaired) electrons. The zero-order valence-corrected chi connectivity index (χ0v) is 11.1. The molecule has 19 heavy (non-hydrogen) atoms. The third kappa shape index (κ3) is 2.49. The van der Waals surface area contributed by atoms with Gasteiger partial charge in [-0.05, 0) is 36.8 Å². The summed E-state index contributed by atoms with van der Waals surface area (Å²) in [5, 5.41) is 6.70. The number of methoxy groups -OCH3 is 1. The van der Waals surface area contributed by atoms with Crippen molar-refractivity contribution >= 4 is 5.82 Å². The number of aromatic nitrogens is 2. The maximum atomic E-state index is 5.82. The van der Waals surface area contributed by atoms with Crippen molar-refractivity contribution in [1.29, 1.82) is 0 Å². The largest absolute Gasteiger partial charge is 0.384 e. The molecular weight excluding hydrogens is 238 g/mol. The average Bonchev–Trinajstić information content (AvgIpc) is 3.11. The lowest BCUT2D eigenvalue weighted by molar-refractivity contribution is 0.0731. The number of rotatable bonds is 5. The number of H-pyrrole nitrogens is 1. The summed E-state index contributed by atoms with van der Waals surface area (Å²) >= 11 is 0. The molecule has 1 saturated carbocycles. The Morgan fingerprint density at radius 3 is 2.58 bits per heavy atom. The molecular formula is C15H19N3O. The third-order valence-corrected chi connectivity index (χ3v) is 4.04. The predicted octanol–water partition coefficient (Wildman–Crippen LogP) is 2.77. The van der Waals surface area contributed by atoms with Crippen LogP contribution in [0.3, 0.4) is 0 Å². The minimum absolute atomic E-state index is 0.174. The lowest BCUT2D eigenvalue weighted by Gasteiger charge is -2.12. The van der Waals surface area contributed by atoms with Crippen LogP contribution in [0.1, 0.15) is 24.8 Å². The zero-order valence-electron chi connectivity index (χ0n) is 11.1. The molecule has 0 saturated heterocycles. The van der Waals surface area contributed by atoms with Crippen LogP contribution in [0.15, 0.2) is 30.5 Å². The standard InChI is InChI=1S/C15H19N3O/c1-19-15(8-9-15)7-6-11-2-4-12(5-3-11)13-10-17-18-14(13)16/h2-5,10H,6-9H2,1H3,(H3,16,17,18). The van der Waals surface area contributed by atoms with Crippen LogP contribution in [0.25, 0.3) is 11.1 Å². The van der Waals surface area contributed by atoms with Crippen LogP contribution < -0.4 is 5.73 Å². The maximum Gasteiger partial charge on any atom is 0.126 e.